The number of nitrogens with one attached hydrogen (secondary N) is 1. The zero-order chi connectivity index (χ0) is 23.4. The van der Waals surface area contributed by atoms with Gasteiger partial charge in [-0.15, -0.1) is 21.5 Å². The van der Waals surface area contributed by atoms with Crippen molar-refractivity contribution in [3.8, 4) is 11.4 Å². The van der Waals surface area contributed by atoms with Gasteiger partial charge in [-0.1, -0.05) is 42.1 Å². The predicted octanol–water partition coefficient (Wildman–Crippen LogP) is 5.06. The van der Waals surface area contributed by atoms with Crippen LogP contribution in [0, 0.1) is 13.8 Å². The number of benzene rings is 2. The van der Waals surface area contributed by atoms with Crippen LogP contribution < -0.4 is 10.1 Å². The lowest BCUT2D eigenvalue weighted by Gasteiger charge is -2.13. The van der Waals surface area contributed by atoms with E-state index in [0.717, 1.165) is 33.4 Å². The number of ether oxygens (including phenoxy) is 1. The summed E-state index contributed by atoms with van der Waals surface area (Å²) in [5.74, 6) is 1.49. The smallest absolute Gasteiger partial charge is 0.239 e. The maximum atomic E-state index is 12.8. The lowest BCUT2D eigenvalue weighted by molar-refractivity contribution is -0.115. The molecule has 0 spiro atoms. The fraction of sp³-hybridized carbons (Fsp3) is 0.250. The molecule has 4 aromatic rings. The summed E-state index contributed by atoms with van der Waals surface area (Å²) in [5.41, 5.74) is 2.98. The molecule has 1 N–H and O–H groups in total. The largest absolute Gasteiger partial charge is 0.497 e. The average Bonchev–Trinajstić information content (AvgIpc) is 3.36. The molecule has 1 atom stereocenters. The van der Waals surface area contributed by atoms with E-state index in [1.54, 1.807) is 7.11 Å². The zero-order valence-corrected chi connectivity index (χ0v) is 20.5. The van der Waals surface area contributed by atoms with Gasteiger partial charge in [-0.2, -0.15) is 0 Å². The van der Waals surface area contributed by atoms with Gasteiger partial charge in [0, 0.05) is 17.0 Å². The molecule has 0 radical (unpaired) electrons. The molecule has 7 nitrogen and oxygen atoms in total. The van der Waals surface area contributed by atoms with Crippen molar-refractivity contribution in [3.63, 3.8) is 0 Å². The van der Waals surface area contributed by atoms with Crippen molar-refractivity contribution < 1.29 is 9.53 Å². The second kappa shape index (κ2) is 10.2. The molecule has 0 saturated heterocycles. The topological polar surface area (TPSA) is 81.9 Å². The molecule has 0 aliphatic heterocycles. The SMILES string of the molecule is COc1ccc(Cc2nnc(SC(C)C(=O)Nc3nc(C)c(C)s3)n2-c2ccccc2)cc1. The number of hydrogen-bond acceptors (Lipinski definition) is 7. The predicted molar refractivity (Wildman–Crippen MR) is 133 cm³/mol. The highest BCUT2D eigenvalue weighted by Gasteiger charge is 2.22. The van der Waals surface area contributed by atoms with E-state index in [1.807, 2.05) is 79.9 Å². The van der Waals surface area contributed by atoms with Crippen LogP contribution in [-0.2, 0) is 11.2 Å². The fourth-order valence-corrected chi connectivity index (χ4v) is 4.90. The highest BCUT2D eigenvalue weighted by Crippen LogP contribution is 2.28. The van der Waals surface area contributed by atoms with E-state index in [9.17, 15) is 4.79 Å². The van der Waals surface area contributed by atoms with Gasteiger partial charge < -0.3 is 10.1 Å². The Hall–Kier alpha value is -3.17. The normalized spacial score (nSPS) is 11.9. The van der Waals surface area contributed by atoms with E-state index in [4.69, 9.17) is 4.74 Å². The molecule has 2 aromatic heterocycles. The van der Waals surface area contributed by atoms with E-state index in [2.05, 4.69) is 20.5 Å². The number of hydrogen-bond donors (Lipinski definition) is 1. The lowest BCUT2D eigenvalue weighted by Crippen LogP contribution is -2.22. The summed E-state index contributed by atoms with van der Waals surface area (Å²) in [6, 6.07) is 17.8. The summed E-state index contributed by atoms with van der Waals surface area (Å²) in [6.07, 6.45) is 0.602. The van der Waals surface area contributed by atoms with Crippen LogP contribution >= 0.6 is 23.1 Å². The molecule has 0 bridgehead atoms. The Labute approximate surface area is 201 Å². The summed E-state index contributed by atoms with van der Waals surface area (Å²) in [6.45, 7) is 5.79. The molecule has 2 aromatic carbocycles. The van der Waals surface area contributed by atoms with Crippen molar-refractivity contribution in [1.82, 2.24) is 19.7 Å². The van der Waals surface area contributed by atoms with Crippen LogP contribution in [0.25, 0.3) is 5.69 Å². The number of methoxy groups -OCH3 is 1. The third kappa shape index (κ3) is 5.43. The van der Waals surface area contributed by atoms with Gasteiger partial charge in [-0.3, -0.25) is 9.36 Å². The van der Waals surface area contributed by atoms with Crippen LogP contribution in [0.3, 0.4) is 0 Å². The number of nitrogens with zero attached hydrogens (tertiary/aromatic N) is 4. The molecule has 33 heavy (non-hydrogen) atoms. The number of rotatable bonds is 8. The Balaban J connectivity index is 1.57. The van der Waals surface area contributed by atoms with E-state index in [-0.39, 0.29) is 11.2 Å². The van der Waals surface area contributed by atoms with Gasteiger partial charge in [0.1, 0.15) is 11.6 Å². The second-order valence-corrected chi connectivity index (χ2v) is 10.0. The van der Waals surface area contributed by atoms with Crippen molar-refractivity contribution in [2.45, 2.75) is 37.6 Å². The molecule has 1 unspecified atom stereocenters. The molecule has 4 rings (SSSR count). The second-order valence-electron chi connectivity index (χ2n) is 7.50. The summed E-state index contributed by atoms with van der Waals surface area (Å²) >= 11 is 2.85. The number of carbonyl (C=O) groups excluding carboxylic acids is 1. The van der Waals surface area contributed by atoms with Gasteiger partial charge in [0.05, 0.1) is 18.1 Å². The molecule has 2 heterocycles. The van der Waals surface area contributed by atoms with Crippen LogP contribution in [0.1, 0.15) is 28.9 Å². The first kappa shape index (κ1) is 23.0. The van der Waals surface area contributed by atoms with Crippen LogP contribution in [0.4, 0.5) is 5.13 Å². The van der Waals surface area contributed by atoms with Gasteiger partial charge in [0.25, 0.3) is 0 Å². The maximum Gasteiger partial charge on any atom is 0.239 e. The third-order valence-corrected chi connectivity index (χ3v) is 7.18. The van der Waals surface area contributed by atoms with Crippen molar-refractivity contribution >= 4 is 34.1 Å². The number of carbonyl (C=O) groups is 1. The molecular weight excluding hydrogens is 454 g/mol. The molecule has 0 saturated carbocycles. The minimum atomic E-state index is -0.380. The number of thiazole rings is 1. The molecule has 0 aliphatic carbocycles. The van der Waals surface area contributed by atoms with Gasteiger partial charge in [-0.25, -0.2) is 4.98 Å². The van der Waals surface area contributed by atoms with Gasteiger partial charge >= 0.3 is 0 Å². The van der Waals surface area contributed by atoms with E-state index in [1.165, 1.54) is 23.1 Å². The molecule has 1 amide bonds. The van der Waals surface area contributed by atoms with Crippen LogP contribution in [-0.4, -0.2) is 38.0 Å². The average molecular weight is 480 g/mol. The van der Waals surface area contributed by atoms with Gasteiger partial charge in [0.2, 0.25) is 5.91 Å². The van der Waals surface area contributed by atoms with E-state index >= 15 is 0 Å². The first-order valence-corrected chi connectivity index (χ1v) is 12.2. The molecular formula is C24H25N5O2S2. The fourth-order valence-electron chi connectivity index (χ4n) is 3.20. The maximum absolute atomic E-state index is 12.8. The molecule has 170 valence electrons. The summed E-state index contributed by atoms with van der Waals surface area (Å²) in [7, 11) is 1.65. The Bertz CT molecular complexity index is 1220. The minimum Gasteiger partial charge on any atom is -0.497 e. The van der Waals surface area contributed by atoms with Crippen molar-refractivity contribution in [3.05, 3.63) is 76.6 Å². The highest BCUT2D eigenvalue weighted by molar-refractivity contribution is 8.00. The first-order valence-electron chi connectivity index (χ1n) is 10.5. The molecule has 9 heteroatoms. The third-order valence-electron chi connectivity index (χ3n) is 5.15. The zero-order valence-electron chi connectivity index (χ0n) is 18.9. The number of anilines is 1. The number of para-hydroxylation sites is 1. The van der Waals surface area contributed by atoms with Crippen molar-refractivity contribution in [2.24, 2.45) is 0 Å². The highest BCUT2D eigenvalue weighted by atomic mass is 32.2. The monoisotopic (exact) mass is 479 g/mol. The first-order chi connectivity index (χ1) is 15.9. The summed E-state index contributed by atoms with van der Waals surface area (Å²) in [4.78, 5) is 18.3. The minimum absolute atomic E-state index is 0.118. The van der Waals surface area contributed by atoms with E-state index in [0.29, 0.717) is 16.7 Å². The quantitative estimate of drug-likeness (QED) is 0.356. The Morgan fingerprint density at radius 3 is 2.48 bits per heavy atom. The Kier molecular flexibility index (Phi) is 7.10. The lowest BCUT2D eigenvalue weighted by atomic mass is 10.1. The number of amides is 1. The van der Waals surface area contributed by atoms with Crippen LogP contribution in [0.5, 0.6) is 5.75 Å². The Morgan fingerprint density at radius 2 is 1.85 bits per heavy atom. The molecule has 0 fully saturated rings. The standard InChI is InChI=1S/C24H25N5O2S2/c1-15-16(2)32-23(25-15)26-22(30)17(3)33-24-28-27-21(29(24)19-8-6-5-7-9-19)14-18-10-12-20(31-4)13-11-18/h5-13,17H,14H2,1-4H3,(H,25,26,30). The number of aromatic nitrogens is 4. The van der Waals surface area contributed by atoms with Gasteiger partial charge in [0.15, 0.2) is 10.3 Å². The summed E-state index contributed by atoms with van der Waals surface area (Å²) < 4.78 is 7.27. The molecule has 0 aliphatic rings. The Morgan fingerprint density at radius 1 is 1.12 bits per heavy atom. The van der Waals surface area contributed by atoms with Crippen LogP contribution in [0.2, 0.25) is 0 Å². The van der Waals surface area contributed by atoms with Gasteiger partial charge in [-0.05, 0) is 50.6 Å². The summed E-state index contributed by atoms with van der Waals surface area (Å²) in [5, 5.41) is 12.7. The van der Waals surface area contributed by atoms with E-state index < -0.39 is 0 Å². The van der Waals surface area contributed by atoms with Crippen LogP contribution in [0.15, 0.2) is 59.8 Å². The number of aryl methyl sites for hydroxylation is 2. The van der Waals surface area contributed by atoms with Crippen molar-refractivity contribution in [2.75, 3.05) is 12.4 Å². The van der Waals surface area contributed by atoms with Crippen molar-refractivity contribution in [1.29, 1.82) is 0 Å². The number of thioether (sulfide) groups is 1.